The van der Waals surface area contributed by atoms with Crippen LogP contribution < -0.4 is 5.73 Å². The van der Waals surface area contributed by atoms with Crippen LogP contribution in [0.15, 0.2) is 36.2 Å². The van der Waals surface area contributed by atoms with Crippen molar-refractivity contribution >= 4 is 5.91 Å². The Labute approximate surface area is 135 Å². The lowest BCUT2D eigenvalue weighted by molar-refractivity contribution is -0.114. The van der Waals surface area contributed by atoms with Gasteiger partial charge in [-0.25, -0.2) is 0 Å². The molecule has 0 fully saturated rings. The highest BCUT2D eigenvalue weighted by Gasteiger charge is 2.16. The zero-order valence-electron chi connectivity index (χ0n) is 14.2. The fourth-order valence-corrected chi connectivity index (χ4v) is 2.79. The molecule has 0 bridgehead atoms. The highest BCUT2D eigenvalue weighted by atomic mass is 16.1. The summed E-state index contributed by atoms with van der Waals surface area (Å²) in [5.41, 5.74) is 6.59. The first-order valence-electron chi connectivity index (χ1n) is 8.81. The van der Waals surface area contributed by atoms with Crippen molar-refractivity contribution in [3.05, 3.63) is 36.2 Å². The Hall–Kier alpha value is -1.51. The smallest absolute Gasteiger partial charge is 0.250 e. The van der Waals surface area contributed by atoms with Crippen LogP contribution in [0.5, 0.6) is 0 Å². The van der Waals surface area contributed by atoms with Gasteiger partial charge >= 0.3 is 0 Å². The monoisotopic (exact) mass is 304 g/mol. The van der Waals surface area contributed by atoms with Crippen LogP contribution in [-0.4, -0.2) is 17.4 Å². The Kier molecular flexibility index (Phi) is 9.36. The number of primary amides is 1. The molecule has 2 N–H and O–H groups in total. The van der Waals surface area contributed by atoms with Crippen LogP contribution in [0.3, 0.4) is 0 Å². The molecule has 0 saturated heterocycles. The van der Waals surface area contributed by atoms with Gasteiger partial charge in [-0.2, -0.15) is 0 Å². The number of rotatable bonds is 12. The van der Waals surface area contributed by atoms with E-state index in [1.807, 2.05) is 17.2 Å². The third-order valence-electron chi connectivity index (χ3n) is 4.20. The predicted molar refractivity (Wildman–Crippen MR) is 94.1 cm³/mol. The molecule has 0 aromatic rings. The van der Waals surface area contributed by atoms with Gasteiger partial charge in [-0.1, -0.05) is 71.3 Å². The summed E-state index contributed by atoms with van der Waals surface area (Å²) >= 11 is 0. The fourth-order valence-electron chi connectivity index (χ4n) is 2.79. The van der Waals surface area contributed by atoms with E-state index < -0.39 is 5.91 Å². The van der Waals surface area contributed by atoms with Crippen molar-refractivity contribution in [1.82, 2.24) is 4.90 Å². The van der Waals surface area contributed by atoms with Gasteiger partial charge in [0.25, 0.3) is 5.91 Å². The maximum absolute atomic E-state index is 11.3. The van der Waals surface area contributed by atoms with E-state index >= 15 is 0 Å². The van der Waals surface area contributed by atoms with Crippen molar-refractivity contribution in [3.63, 3.8) is 0 Å². The minimum Gasteiger partial charge on any atom is -0.366 e. The summed E-state index contributed by atoms with van der Waals surface area (Å²) < 4.78 is 0. The molecule has 1 aliphatic rings. The maximum Gasteiger partial charge on any atom is 0.250 e. The van der Waals surface area contributed by atoms with Gasteiger partial charge in [0.1, 0.15) is 0 Å². The summed E-state index contributed by atoms with van der Waals surface area (Å²) in [4.78, 5) is 13.3. The molecule has 0 radical (unpaired) electrons. The number of hydrogen-bond donors (Lipinski definition) is 1. The van der Waals surface area contributed by atoms with Crippen molar-refractivity contribution in [3.8, 4) is 0 Å². The number of amides is 1. The second-order valence-corrected chi connectivity index (χ2v) is 6.11. The van der Waals surface area contributed by atoms with Crippen LogP contribution in [-0.2, 0) is 4.79 Å². The van der Waals surface area contributed by atoms with Crippen LogP contribution in [0.4, 0.5) is 0 Å². The van der Waals surface area contributed by atoms with Gasteiger partial charge in [0, 0.05) is 18.4 Å². The third-order valence-corrected chi connectivity index (χ3v) is 4.20. The number of nitrogens with zero attached hydrogens (tertiary/aromatic N) is 1. The molecule has 0 atom stereocenters. The molecule has 0 aliphatic carbocycles. The van der Waals surface area contributed by atoms with Crippen LogP contribution in [0.25, 0.3) is 0 Å². The molecule has 22 heavy (non-hydrogen) atoms. The summed E-state index contributed by atoms with van der Waals surface area (Å²) in [6, 6.07) is 0. The van der Waals surface area contributed by atoms with Gasteiger partial charge in [0.05, 0.1) is 5.57 Å². The van der Waals surface area contributed by atoms with Crippen molar-refractivity contribution in [2.45, 2.75) is 71.1 Å². The molecule has 0 aromatic carbocycles. The van der Waals surface area contributed by atoms with E-state index in [0.29, 0.717) is 5.57 Å². The number of unbranched alkanes of at least 4 members (excludes halogenated alkanes) is 9. The SMILES string of the molecule is C=C1C(C(N)=O)=CC=CN1CCCCCCCCCCCC. The highest BCUT2D eigenvalue weighted by Crippen LogP contribution is 2.19. The molecule has 3 heteroatoms. The summed E-state index contributed by atoms with van der Waals surface area (Å²) in [5.74, 6) is -0.401. The van der Waals surface area contributed by atoms with E-state index in [-0.39, 0.29) is 0 Å². The number of nitrogens with two attached hydrogens (primary N) is 1. The number of allylic oxidation sites excluding steroid dienone is 2. The Balaban J connectivity index is 2.04. The van der Waals surface area contributed by atoms with Crippen LogP contribution >= 0.6 is 0 Å². The Morgan fingerprint density at radius 1 is 1.05 bits per heavy atom. The number of carbonyl (C=O) groups excluding carboxylic acids is 1. The first kappa shape index (κ1) is 18.5. The minimum atomic E-state index is -0.401. The Morgan fingerprint density at radius 3 is 2.14 bits per heavy atom. The van der Waals surface area contributed by atoms with Gasteiger partial charge in [0.2, 0.25) is 0 Å². The summed E-state index contributed by atoms with van der Waals surface area (Å²) in [7, 11) is 0. The maximum atomic E-state index is 11.3. The standard InChI is InChI=1S/C19H32N2O/c1-3-4-5-6-7-8-9-10-11-12-15-21-16-13-14-18(17(21)2)19(20)22/h13-14,16H,2-12,15H2,1H3,(H2,20,22). The molecule has 0 aromatic heterocycles. The normalized spacial score (nSPS) is 14.3. The zero-order valence-corrected chi connectivity index (χ0v) is 14.2. The van der Waals surface area contributed by atoms with Crippen molar-refractivity contribution < 1.29 is 4.79 Å². The first-order chi connectivity index (χ1) is 10.7. The second kappa shape index (κ2) is 11.1. The lowest BCUT2D eigenvalue weighted by Gasteiger charge is -2.25. The Bertz CT molecular complexity index is 410. The Morgan fingerprint density at radius 2 is 1.59 bits per heavy atom. The van der Waals surface area contributed by atoms with E-state index in [1.54, 1.807) is 6.08 Å². The molecule has 1 heterocycles. The van der Waals surface area contributed by atoms with Gasteiger partial charge in [-0.15, -0.1) is 0 Å². The molecule has 0 spiro atoms. The van der Waals surface area contributed by atoms with Gasteiger partial charge in [0.15, 0.2) is 0 Å². The molecule has 0 saturated carbocycles. The molecule has 124 valence electrons. The number of carbonyl (C=O) groups is 1. The van der Waals surface area contributed by atoms with Crippen LogP contribution in [0, 0.1) is 0 Å². The van der Waals surface area contributed by atoms with Crippen LogP contribution in [0.1, 0.15) is 71.1 Å². The van der Waals surface area contributed by atoms with Crippen LogP contribution in [0.2, 0.25) is 0 Å². The lowest BCUT2D eigenvalue weighted by Crippen LogP contribution is -2.26. The molecule has 3 nitrogen and oxygen atoms in total. The zero-order chi connectivity index (χ0) is 16.2. The van der Waals surface area contributed by atoms with Gasteiger partial charge < -0.3 is 10.6 Å². The van der Waals surface area contributed by atoms with E-state index in [9.17, 15) is 4.79 Å². The topological polar surface area (TPSA) is 46.3 Å². The van der Waals surface area contributed by atoms with Crippen molar-refractivity contribution in [2.75, 3.05) is 6.54 Å². The van der Waals surface area contributed by atoms with E-state index in [0.717, 1.165) is 18.7 Å². The van der Waals surface area contributed by atoms with E-state index in [4.69, 9.17) is 5.73 Å². The van der Waals surface area contributed by atoms with Gasteiger partial charge in [-0.3, -0.25) is 4.79 Å². The average molecular weight is 304 g/mol. The third kappa shape index (κ3) is 6.97. The fraction of sp³-hybridized carbons (Fsp3) is 0.632. The molecule has 1 rings (SSSR count). The summed E-state index contributed by atoms with van der Waals surface area (Å²) in [6.07, 6.45) is 18.8. The summed E-state index contributed by atoms with van der Waals surface area (Å²) in [5, 5.41) is 0. The largest absolute Gasteiger partial charge is 0.366 e. The van der Waals surface area contributed by atoms with Crippen molar-refractivity contribution in [2.24, 2.45) is 5.73 Å². The molecular formula is C19H32N2O. The van der Waals surface area contributed by atoms with E-state index in [2.05, 4.69) is 13.5 Å². The average Bonchev–Trinajstić information content (AvgIpc) is 2.50. The minimum absolute atomic E-state index is 0.401. The molecular weight excluding hydrogens is 272 g/mol. The summed E-state index contributed by atoms with van der Waals surface area (Å²) in [6.45, 7) is 7.14. The highest BCUT2D eigenvalue weighted by molar-refractivity contribution is 5.96. The predicted octanol–water partition coefficient (Wildman–Crippen LogP) is 4.66. The molecule has 1 amide bonds. The number of hydrogen-bond acceptors (Lipinski definition) is 2. The van der Waals surface area contributed by atoms with Gasteiger partial charge in [-0.05, 0) is 18.6 Å². The first-order valence-corrected chi connectivity index (χ1v) is 8.81. The quantitative estimate of drug-likeness (QED) is 0.533. The lowest BCUT2D eigenvalue weighted by atomic mass is 10.1. The molecule has 0 unspecified atom stereocenters. The second-order valence-electron chi connectivity index (χ2n) is 6.11. The van der Waals surface area contributed by atoms with Crippen molar-refractivity contribution in [1.29, 1.82) is 0 Å². The van der Waals surface area contributed by atoms with E-state index in [1.165, 1.54) is 57.8 Å². The molecule has 1 aliphatic heterocycles.